The van der Waals surface area contributed by atoms with Crippen LogP contribution in [0.4, 0.5) is 5.69 Å². The van der Waals surface area contributed by atoms with E-state index in [0.717, 1.165) is 22.7 Å². The van der Waals surface area contributed by atoms with Crippen molar-refractivity contribution in [3.63, 3.8) is 0 Å². The standard InChI is InChI=1S/C22H22N2O3/c1-26-18-13-11-17(12-14-18)15-24-22(25)16-23-20-9-5-6-10-21(20)27-19-7-3-2-4-8-19/h2-14,23H,15-16H2,1H3,(H,24,25). The number of hydrogen-bond donors (Lipinski definition) is 2. The molecule has 0 radical (unpaired) electrons. The highest BCUT2D eigenvalue weighted by atomic mass is 16.5. The molecule has 27 heavy (non-hydrogen) atoms. The molecule has 0 fully saturated rings. The Kier molecular flexibility index (Phi) is 6.30. The topological polar surface area (TPSA) is 59.6 Å². The number of methoxy groups -OCH3 is 1. The van der Waals surface area contributed by atoms with E-state index in [4.69, 9.17) is 9.47 Å². The van der Waals surface area contributed by atoms with Crippen LogP contribution in [0.1, 0.15) is 5.56 Å². The summed E-state index contributed by atoms with van der Waals surface area (Å²) < 4.78 is 11.0. The van der Waals surface area contributed by atoms with Crippen LogP contribution in [0.5, 0.6) is 17.2 Å². The number of hydrogen-bond acceptors (Lipinski definition) is 4. The van der Waals surface area contributed by atoms with Crippen molar-refractivity contribution in [3.05, 3.63) is 84.4 Å². The molecule has 0 spiro atoms. The van der Waals surface area contributed by atoms with Crippen molar-refractivity contribution in [2.24, 2.45) is 0 Å². The first-order valence-corrected chi connectivity index (χ1v) is 8.70. The van der Waals surface area contributed by atoms with Crippen LogP contribution >= 0.6 is 0 Å². The minimum absolute atomic E-state index is 0.0969. The van der Waals surface area contributed by atoms with Crippen molar-refractivity contribution in [2.75, 3.05) is 19.0 Å². The molecule has 0 aliphatic rings. The number of carbonyl (C=O) groups excluding carboxylic acids is 1. The predicted molar refractivity (Wildman–Crippen MR) is 106 cm³/mol. The molecule has 0 saturated carbocycles. The van der Waals surface area contributed by atoms with Crippen molar-refractivity contribution in [1.82, 2.24) is 5.32 Å². The first-order chi connectivity index (χ1) is 13.2. The van der Waals surface area contributed by atoms with Crippen molar-refractivity contribution in [3.8, 4) is 17.2 Å². The van der Waals surface area contributed by atoms with E-state index in [-0.39, 0.29) is 12.5 Å². The first-order valence-electron chi connectivity index (χ1n) is 8.70. The summed E-state index contributed by atoms with van der Waals surface area (Å²) in [5.41, 5.74) is 1.78. The second kappa shape index (κ2) is 9.29. The summed E-state index contributed by atoms with van der Waals surface area (Å²) in [5, 5.41) is 6.02. The Morgan fingerprint density at radius 1 is 0.852 bits per heavy atom. The molecule has 138 valence electrons. The molecule has 0 aliphatic heterocycles. The van der Waals surface area contributed by atoms with Crippen LogP contribution in [-0.4, -0.2) is 19.6 Å². The second-order valence-corrected chi connectivity index (χ2v) is 5.89. The Balaban J connectivity index is 1.52. The summed E-state index contributed by atoms with van der Waals surface area (Å²) >= 11 is 0. The van der Waals surface area contributed by atoms with Crippen molar-refractivity contribution in [2.45, 2.75) is 6.54 Å². The first kappa shape index (κ1) is 18.3. The molecule has 5 heteroatoms. The van der Waals surface area contributed by atoms with Gasteiger partial charge in [0.25, 0.3) is 0 Å². The second-order valence-electron chi connectivity index (χ2n) is 5.89. The summed E-state index contributed by atoms with van der Waals surface area (Å²) in [5.74, 6) is 2.12. The summed E-state index contributed by atoms with van der Waals surface area (Å²) in [4.78, 5) is 12.1. The highest BCUT2D eigenvalue weighted by molar-refractivity contribution is 5.81. The van der Waals surface area contributed by atoms with Crippen LogP contribution in [0.15, 0.2) is 78.9 Å². The Morgan fingerprint density at radius 3 is 2.30 bits per heavy atom. The normalized spacial score (nSPS) is 10.1. The van der Waals surface area contributed by atoms with Crippen LogP contribution < -0.4 is 20.1 Å². The van der Waals surface area contributed by atoms with Crippen LogP contribution in [0.25, 0.3) is 0 Å². The Labute approximate surface area is 158 Å². The quantitative estimate of drug-likeness (QED) is 0.630. The van der Waals surface area contributed by atoms with Gasteiger partial charge in [0.05, 0.1) is 19.3 Å². The van der Waals surface area contributed by atoms with E-state index in [9.17, 15) is 4.79 Å². The summed E-state index contributed by atoms with van der Waals surface area (Å²) in [6.45, 7) is 0.623. The van der Waals surface area contributed by atoms with Gasteiger partial charge in [-0.05, 0) is 42.0 Å². The molecule has 3 aromatic carbocycles. The lowest BCUT2D eigenvalue weighted by molar-refractivity contribution is -0.119. The smallest absolute Gasteiger partial charge is 0.239 e. The minimum atomic E-state index is -0.0969. The lowest BCUT2D eigenvalue weighted by atomic mass is 10.2. The van der Waals surface area contributed by atoms with Gasteiger partial charge in [-0.25, -0.2) is 0 Å². The lowest BCUT2D eigenvalue weighted by Gasteiger charge is -2.13. The molecule has 0 bridgehead atoms. The molecule has 3 rings (SSSR count). The van der Waals surface area contributed by atoms with Crippen LogP contribution in [-0.2, 0) is 11.3 Å². The third-order valence-electron chi connectivity index (χ3n) is 3.95. The highest BCUT2D eigenvalue weighted by Gasteiger charge is 2.07. The van der Waals surface area contributed by atoms with E-state index in [1.54, 1.807) is 7.11 Å². The average Bonchev–Trinajstić information content (AvgIpc) is 2.73. The number of rotatable bonds is 8. The van der Waals surface area contributed by atoms with Crippen LogP contribution in [0, 0.1) is 0 Å². The molecule has 0 saturated heterocycles. The van der Waals surface area contributed by atoms with Gasteiger partial charge < -0.3 is 20.1 Å². The molecule has 2 N–H and O–H groups in total. The highest BCUT2D eigenvalue weighted by Crippen LogP contribution is 2.28. The van der Waals surface area contributed by atoms with Gasteiger partial charge in [-0.3, -0.25) is 4.79 Å². The van der Waals surface area contributed by atoms with E-state index < -0.39 is 0 Å². The molecule has 0 aliphatic carbocycles. The molecular formula is C22H22N2O3. The van der Waals surface area contributed by atoms with Gasteiger partial charge in [0.15, 0.2) is 5.75 Å². The summed E-state index contributed by atoms with van der Waals surface area (Å²) in [7, 11) is 1.63. The predicted octanol–water partition coefficient (Wildman–Crippen LogP) is 4.22. The molecule has 3 aromatic rings. The molecule has 0 heterocycles. The van der Waals surface area contributed by atoms with Gasteiger partial charge >= 0.3 is 0 Å². The largest absolute Gasteiger partial charge is 0.497 e. The molecule has 1 amide bonds. The van der Waals surface area contributed by atoms with E-state index in [1.807, 2.05) is 78.9 Å². The van der Waals surface area contributed by atoms with Crippen molar-refractivity contribution >= 4 is 11.6 Å². The summed E-state index contributed by atoms with van der Waals surface area (Å²) in [6.07, 6.45) is 0. The third kappa shape index (κ3) is 5.51. The van der Waals surface area contributed by atoms with Crippen molar-refractivity contribution < 1.29 is 14.3 Å². The fourth-order valence-corrected chi connectivity index (χ4v) is 2.50. The SMILES string of the molecule is COc1ccc(CNC(=O)CNc2ccccc2Oc2ccccc2)cc1. The number of benzene rings is 3. The minimum Gasteiger partial charge on any atom is -0.497 e. The number of nitrogens with one attached hydrogen (secondary N) is 2. The number of para-hydroxylation sites is 3. The number of carbonyl (C=O) groups is 1. The van der Waals surface area contributed by atoms with Gasteiger partial charge in [0.1, 0.15) is 11.5 Å². The van der Waals surface area contributed by atoms with Gasteiger partial charge in [-0.2, -0.15) is 0 Å². The van der Waals surface area contributed by atoms with Gasteiger partial charge in [-0.15, -0.1) is 0 Å². The molecular weight excluding hydrogens is 340 g/mol. The lowest BCUT2D eigenvalue weighted by Crippen LogP contribution is -2.29. The Hall–Kier alpha value is -3.47. The zero-order chi connectivity index (χ0) is 18.9. The van der Waals surface area contributed by atoms with E-state index in [0.29, 0.717) is 12.3 Å². The fourth-order valence-electron chi connectivity index (χ4n) is 2.50. The Bertz CT molecular complexity index is 864. The van der Waals surface area contributed by atoms with E-state index in [1.165, 1.54) is 0 Å². The molecule has 5 nitrogen and oxygen atoms in total. The number of ether oxygens (including phenoxy) is 2. The van der Waals surface area contributed by atoms with Crippen LogP contribution in [0.3, 0.4) is 0 Å². The number of amides is 1. The molecule has 0 aromatic heterocycles. The van der Waals surface area contributed by atoms with E-state index >= 15 is 0 Å². The van der Waals surface area contributed by atoms with Crippen LogP contribution in [0.2, 0.25) is 0 Å². The maximum atomic E-state index is 12.1. The van der Waals surface area contributed by atoms with Gasteiger partial charge in [0.2, 0.25) is 5.91 Å². The number of anilines is 1. The fraction of sp³-hybridized carbons (Fsp3) is 0.136. The van der Waals surface area contributed by atoms with E-state index in [2.05, 4.69) is 10.6 Å². The van der Waals surface area contributed by atoms with Gasteiger partial charge in [-0.1, -0.05) is 42.5 Å². The van der Waals surface area contributed by atoms with Crippen molar-refractivity contribution in [1.29, 1.82) is 0 Å². The zero-order valence-corrected chi connectivity index (χ0v) is 15.1. The van der Waals surface area contributed by atoms with Gasteiger partial charge in [0, 0.05) is 6.54 Å². The zero-order valence-electron chi connectivity index (χ0n) is 15.1. The molecule has 0 unspecified atom stereocenters. The summed E-state index contributed by atoms with van der Waals surface area (Å²) in [6, 6.07) is 24.7. The maximum absolute atomic E-state index is 12.1. The monoisotopic (exact) mass is 362 g/mol. The molecule has 0 atom stereocenters. The third-order valence-corrected chi connectivity index (χ3v) is 3.95. The Morgan fingerprint density at radius 2 is 1.56 bits per heavy atom. The maximum Gasteiger partial charge on any atom is 0.239 e. The average molecular weight is 362 g/mol.